The summed E-state index contributed by atoms with van der Waals surface area (Å²) in [6, 6.07) is 5.75. The highest BCUT2D eigenvalue weighted by Gasteiger charge is 2.28. The number of hydrogen-bond donors (Lipinski definition) is 0. The number of nitrogens with zero attached hydrogens (tertiary/aromatic N) is 3. The fourth-order valence-electron chi connectivity index (χ4n) is 3.67. The van der Waals surface area contributed by atoms with Gasteiger partial charge in [-0.05, 0) is 64.1 Å². The average Bonchev–Trinajstić information content (AvgIpc) is 2.98. The molecule has 0 spiro atoms. The molecule has 1 atom stereocenters. The predicted octanol–water partition coefficient (Wildman–Crippen LogP) is 3.62. The largest absolute Gasteiger partial charge is 0.357 e. The van der Waals surface area contributed by atoms with Crippen LogP contribution in [0.1, 0.15) is 57.6 Å². The van der Waals surface area contributed by atoms with Crippen LogP contribution in [0, 0.1) is 0 Å². The van der Waals surface area contributed by atoms with Crippen molar-refractivity contribution in [3.63, 3.8) is 0 Å². The standard InChI is InChI=1S/C17H27N3/c1-14(2)20-12-6-7-16(20)15-8-9-17(18-13-15)19-10-4-3-5-11-19/h8-9,13-14,16H,3-7,10-12H2,1-2H3/t16-/m0/s1. The molecule has 0 saturated carbocycles. The number of aromatic nitrogens is 1. The minimum atomic E-state index is 0.581. The zero-order valence-corrected chi connectivity index (χ0v) is 12.9. The number of anilines is 1. The molecular weight excluding hydrogens is 246 g/mol. The Kier molecular flexibility index (Phi) is 4.25. The van der Waals surface area contributed by atoms with Crippen LogP contribution < -0.4 is 4.90 Å². The number of rotatable bonds is 3. The van der Waals surface area contributed by atoms with E-state index in [4.69, 9.17) is 4.98 Å². The van der Waals surface area contributed by atoms with E-state index in [9.17, 15) is 0 Å². The predicted molar refractivity (Wildman–Crippen MR) is 84.1 cm³/mol. The van der Waals surface area contributed by atoms with Gasteiger partial charge in [0.05, 0.1) is 0 Å². The third-order valence-corrected chi connectivity index (χ3v) is 4.79. The number of likely N-dealkylation sites (tertiary alicyclic amines) is 1. The molecule has 0 aliphatic carbocycles. The average molecular weight is 273 g/mol. The van der Waals surface area contributed by atoms with Gasteiger partial charge in [0, 0.05) is 31.4 Å². The zero-order valence-electron chi connectivity index (χ0n) is 12.9. The molecule has 0 unspecified atom stereocenters. The lowest BCUT2D eigenvalue weighted by atomic mass is 10.1. The lowest BCUT2D eigenvalue weighted by Crippen LogP contribution is -2.31. The van der Waals surface area contributed by atoms with Gasteiger partial charge in [0.25, 0.3) is 0 Å². The molecule has 2 saturated heterocycles. The molecule has 3 heterocycles. The van der Waals surface area contributed by atoms with E-state index < -0.39 is 0 Å². The highest BCUT2D eigenvalue weighted by molar-refractivity contribution is 5.40. The second-order valence-corrected chi connectivity index (χ2v) is 6.49. The van der Waals surface area contributed by atoms with E-state index in [0.717, 1.165) is 0 Å². The first-order valence-electron chi connectivity index (χ1n) is 8.22. The van der Waals surface area contributed by atoms with Crippen molar-refractivity contribution in [3.8, 4) is 0 Å². The van der Waals surface area contributed by atoms with E-state index in [0.29, 0.717) is 12.1 Å². The quantitative estimate of drug-likeness (QED) is 0.838. The Morgan fingerprint density at radius 1 is 1.05 bits per heavy atom. The summed E-state index contributed by atoms with van der Waals surface area (Å²) in [5.74, 6) is 1.17. The summed E-state index contributed by atoms with van der Waals surface area (Å²) in [4.78, 5) is 9.78. The summed E-state index contributed by atoms with van der Waals surface area (Å²) in [6.07, 6.45) is 8.72. The molecule has 2 aliphatic heterocycles. The van der Waals surface area contributed by atoms with Gasteiger partial charge in [0.1, 0.15) is 5.82 Å². The molecule has 1 aromatic heterocycles. The first kappa shape index (κ1) is 13.9. The second kappa shape index (κ2) is 6.13. The van der Waals surface area contributed by atoms with Gasteiger partial charge in [0.2, 0.25) is 0 Å². The van der Waals surface area contributed by atoms with Crippen molar-refractivity contribution in [2.75, 3.05) is 24.5 Å². The van der Waals surface area contributed by atoms with Crippen molar-refractivity contribution in [1.82, 2.24) is 9.88 Å². The molecule has 0 N–H and O–H groups in total. The highest BCUT2D eigenvalue weighted by Crippen LogP contribution is 2.33. The molecule has 0 aromatic carbocycles. The van der Waals surface area contributed by atoms with E-state index in [-0.39, 0.29) is 0 Å². The lowest BCUT2D eigenvalue weighted by molar-refractivity contribution is 0.205. The van der Waals surface area contributed by atoms with Gasteiger partial charge in [-0.2, -0.15) is 0 Å². The summed E-state index contributed by atoms with van der Waals surface area (Å²) >= 11 is 0. The summed E-state index contributed by atoms with van der Waals surface area (Å²) < 4.78 is 0. The number of piperidine rings is 1. The zero-order chi connectivity index (χ0) is 13.9. The van der Waals surface area contributed by atoms with E-state index in [2.05, 4.69) is 42.0 Å². The van der Waals surface area contributed by atoms with Crippen molar-refractivity contribution in [1.29, 1.82) is 0 Å². The molecule has 0 radical (unpaired) electrons. The first-order chi connectivity index (χ1) is 9.75. The Labute approximate surface area is 123 Å². The van der Waals surface area contributed by atoms with E-state index in [1.165, 1.54) is 63.1 Å². The maximum atomic E-state index is 4.74. The van der Waals surface area contributed by atoms with Crippen LogP contribution in [-0.2, 0) is 0 Å². The van der Waals surface area contributed by atoms with Crippen LogP contribution in [0.25, 0.3) is 0 Å². The van der Waals surface area contributed by atoms with Crippen LogP contribution >= 0.6 is 0 Å². The van der Waals surface area contributed by atoms with Gasteiger partial charge in [-0.3, -0.25) is 4.90 Å². The Morgan fingerprint density at radius 2 is 1.85 bits per heavy atom. The van der Waals surface area contributed by atoms with Gasteiger partial charge in [-0.15, -0.1) is 0 Å². The van der Waals surface area contributed by atoms with Crippen molar-refractivity contribution in [3.05, 3.63) is 23.9 Å². The van der Waals surface area contributed by atoms with Gasteiger partial charge in [-0.1, -0.05) is 6.07 Å². The SMILES string of the molecule is CC(C)N1CCC[C@H]1c1ccc(N2CCCCC2)nc1. The van der Waals surface area contributed by atoms with Crippen LogP contribution in [-0.4, -0.2) is 35.6 Å². The maximum Gasteiger partial charge on any atom is 0.128 e. The van der Waals surface area contributed by atoms with E-state index >= 15 is 0 Å². The second-order valence-electron chi connectivity index (χ2n) is 6.49. The van der Waals surface area contributed by atoms with Crippen molar-refractivity contribution in [2.24, 2.45) is 0 Å². The Hall–Kier alpha value is -1.09. The smallest absolute Gasteiger partial charge is 0.128 e. The highest BCUT2D eigenvalue weighted by atomic mass is 15.2. The summed E-state index contributed by atoms with van der Waals surface area (Å²) in [6.45, 7) is 8.18. The molecule has 2 fully saturated rings. The summed E-state index contributed by atoms with van der Waals surface area (Å²) in [5, 5.41) is 0. The lowest BCUT2D eigenvalue weighted by Gasteiger charge is -2.30. The van der Waals surface area contributed by atoms with Crippen LogP contribution in [0.2, 0.25) is 0 Å². The third-order valence-electron chi connectivity index (χ3n) is 4.79. The Morgan fingerprint density at radius 3 is 2.50 bits per heavy atom. The first-order valence-corrected chi connectivity index (χ1v) is 8.22. The Bertz CT molecular complexity index is 420. The molecule has 3 nitrogen and oxygen atoms in total. The fraction of sp³-hybridized carbons (Fsp3) is 0.706. The van der Waals surface area contributed by atoms with Crippen LogP contribution in [0.15, 0.2) is 18.3 Å². The normalized spacial score (nSPS) is 24.6. The van der Waals surface area contributed by atoms with Crippen LogP contribution in [0.5, 0.6) is 0 Å². The molecule has 0 bridgehead atoms. The molecule has 3 heteroatoms. The van der Waals surface area contributed by atoms with Gasteiger partial charge >= 0.3 is 0 Å². The van der Waals surface area contributed by atoms with Gasteiger partial charge < -0.3 is 4.90 Å². The topological polar surface area (TPSA) is 19.4 Å². The minimum Gasteiger partial charge on any atom is -0.357 e. The third kappa shape index (κ3) is 2.83. The molecular formula is C17H27N3. The van der Waals surface area contributed by atoms with Crippen molar-refractivity contribution in [2.45, 2.75) is 58.0 Å². The number of pyridine rings is 1. The Balaban J connectivity index is 1.72. The van der Waals surface area contributed by atoms with Crippen LogP contribution in [0.3, 0.4) is 0 Å². The van der Waals surface area contributed by atoms with Crippen molar-refractivity contribution >= 4 is 5.82 Å². The molecule has 110 valence electrons. The van der Waals surface area contributed by atoms with Gasteiger partial charge in [0.15, 0.2) is 0 Å². The fourth-order valence-corrected chi connectivity index (χ4v) is 3.67. The minimum absolute atomic E-state index is 0.581. The van der Waals surface area contributed by atoms with Crippen LogP contribution in [0.4, 0.5) is 5.82 Å². The van der Waals surface area contributed by atoms with E-state index in [1.54, 1.807) is 0 Å². The van der Waals surface area contributed by atoms with E-state index in [1.807, 2.05) is 0 Å². The molecule has 1 aromatic rings. The molecule has 3 rings (SSSR count). The summed E-state index contributed by atoms with van der Waals surface area (Å²) in [5.41, 5.74) is 1.40. The number of hydrogen-bond acceptors (Lipinski definition) is 3. The molecule has 20 heavy (non-hydrogen) atoms. The van der Waals surface area contributed by atoms with Crippen molar-refractivity contribution < 1.29 is 0 Å². The van der Waals surface area contributed by atoms with Gasteiger partial charge in [-0.25, -0.2) is 4.98 Å². The maximum absolute atomic E-state index is 4.74. The monoisotopic (exact) mass is 273 g/mol. The molecule has 0 amide bonds. The summed E-state index contributed by atoms with van der Waals surface area (Å²) in [7, 11) is 0. The molecule has 2 aliphatic rings.